The van der Waals surface area contributed by atoms with Crippen LogP contribution >= 0.6 is 23.2 Å². The minimum atomic E-state index is 0.485. The Labute approximate surface area is 179 Å². The Morgan fingerprint density at radius 3 is 2.90 bits per heavy atom. The fourth-order valence-corrected chi connectivity index (χ4v) is 4.78. The molecule has 29 heavy (non-hydrogen) atoms. The third-order valence-corrected chi connectivity index (χ3v) is 6.18. The van der Waals surface area contributed by atoms with Gasteiger partial charge in [-0.1, -0.05) is 35.3 Å². The van der Waals surface area contributed by atoms with Crippen LogP contribution in [-0.4, -0.2) is 29.2 Å². The second-order valence-electron chi connectivity index (χ2n) is 7.32. The fraction of sp³-hybridized carbons (Fsp3) is 0.261. The van der Waals surface area contributed by atoms with Crippen molar-refractivity contribution < 1.29 is 4.74 Å². The highest BCUT2D eigenvalue weighted by Gasteiger charge is 2.15. The van der Waals surface area contributed by atoms with Gasteiger partial charge in [-0.15, -0.1) is 0 Å². The van der Waals surface area contributed by atoms with E-state index in [1.54, 1.807) is 12.3 Å². The Morgan fingerprint density at radius 1 is 1.07 bits per heavy atom. The van der Waals surface area contributed by atoms with E-state index in [9.17, 15) is 0 Å². The van der Waals surface area contributed by atoms with Gasteiger partial charge < -0.3 is 14.6 Å². The van der Waals surface area contributed by atoms with Crippen LogP contribution < -0.4 is 10.1 Å². The summed E-state index contributed by atoms with van der Waals surface area (Å²) >= 11 is 12.7. The molecule has 0 saturated carbocycles. The van der Waals surface area contributed by atoms with Gasteiger partial charge in [0.25, 0.3) is 0 Å². The predicted octanol–water partition coefficient (Wildman–Crippen LogP) is 5.26. The summed E-state index contributed by atoms with van der Waals surface area (Å²) in [5, 5.41) is 6.69. The number of aromatic nitrogens is 2. The fourth-order valence-electron chi connectivity index (χ4n) is 4.21. The van der Waals surface area contributed by atoms with E-state index >= 15 is 0 Å². The van der Waals surface area contributed by atoms with Crippen LogP contribution in [0, 0.1) is 0 Å². The monoisotopic (exact) mass is 425 g/mol. The predicted molar refractivity (Wildman–Crippen MR) is 119 cm³/mol. The van der Waals surface area contributed by atoms with Crippen molar-refractivity contribution in [2.75, 3.05) is 19.7 Å². The van der Waals surface area contributed by atoms with Crippen LogP contribution in [0.3, 0.4) is 0 Å². The molecule has 5 rings (SSSR count). The molecule has 2 aromatic carbocycles. The molecular weight excluding hydrogens is 405 g/mol. The number of ether oxygens (including phenoxy) is 1. The molecule has 1 N–H and O–H groups in total. The molecular formula is C23H21Cl2N3O. The van der Waals surface area contributed by atoms with Crippen molar-refractivity contribution in [3.8, 4) is 5.75 Å². The van der Waals surface area contributed by atoms with Gasteiger partial charge >= 0.3 is 0 Å². The van der Waals surface area contributed by atoms with Crippen LogP contribution in [-0.2, 0) is 19.4 Å². The summed E-state index contributed by atoms with van der Waals surface area (Å²) < 4.78 is 8.40. The highest BCUT2D eigenvalue weighted by Crippen LogP contribution is 2.37. The topological polar surface area (TPSA) is 39.1 Å². The molecule has 0 radical (unpaired) electrons. The molecule has 0 atom stereocenters. The van der Waals surface area contributed by atoms with Crippen molar-refractivity contribution in [2.24, 2.45) is 0 Å². The third-order valence-electron chi connectivity index (χ3n) is 5.58. The zero-order valence-corrected chi connectivity index (χ0v) is 17.4. The van der Waals surface area contributed by atoms with E-state index in [0.717, 1.165) is 37.9 Å². The Morgan fingerprint density at radius 2 is 1.97 bits per heavy atom. The number of hydrogen-bond donors (Lipinski definition) is 1. The van der Waals surface area contributed by atoms with Crippen LogP contribution in [0.1, 0.15) is 11.1 Å². The zero-order chi connectivity index (χ0) is 19.8. The standard InChI is InChI=1S/C23H21Cl2N3O/c24-19-14-20(25)23(21-18(19)2-1-8-27-21)29-13-12-28-11-7-16-4-3-15-5-9-26-10-6-17(15)22(16)28/h1-4,7-8,11,14,26H,5-6,9-10,12-13H2. The van der Waals surface area contributed by atoms with Crippen molar-refractivity contribution in [3.05, 3.63) is 70.0 Å². The second-order valence-corrected chi connectivity index (χ2v) is 8.13. The molecule has 0 amide bonds. The first-order chi connectivity index (χ1) is 14.2. The molecule has 1 aliphatic heterocycles. The van der Waals surface area contributed by atoms with E-state index in [0.29, 0.717) is 27.9 Å². The molecule has 4 nitrogen and oxygen atoms in total. The summed E-state index contributed by atoms with van der Waals surface area (Å²) in [6.45, 7) is 3.29. The average molecular weight is 426 g/mol. The van der Waals surface area contributed by atoms with Gasteiger partial charge in [0.05, 0.1) is 22.1 Å². The first-order valence-corrected chi connectivity index (χ1v) is 10.6. The first-order valence-electron chi connectivity index (χ1n) is 9.88. The number of nitrogens with zero attached hydrogens (tertiary/aromatic N) is 2. The van der Waals surface area contributed by atoms with Crippen LogP contribution in [0.2, 0.25) is 10.0 Å². The molecule has 148 valence electrons. The van der Waals surface area contributed by atoms with Crippen molar-refractivity contribution in [3.63, 3.8) is 0 Å². The van der Waals surface area contributed by atoms with Gasteiger partial charge in [-0.2, -0.15) is 0 Å². The van der Waals surface area contributed by atoms with Crippen molar-refractivity contribution >= 4 is 45.0 Å². The van der Waals surface area contributed by atoms with Crippen LogP contribution in [0.5, 0.6) is 5.75 Å². The average Bonchev–Trinajstić information content (AvgIpc) is 2.99. The van der Waals surface area contributed by atoms with Crippen molar-refractivity contribution in [1.82, 2.24) is 14.9 Å². The van der Waals surface area contributed by atoms with Crippen molar-refractivity contribution in [2.45, 2.75) is 19.4 Å². The Kier molecular flexibility index (Phi) is 5.08. The number of nitrogens with one attached hydrogen (secondary N) is 1. The Balaban J connectivity index is 1.43. The number of pyridine rings is 1. The normalized spacial score (nSPS) is 14.1. The van der Waals surface area contributed by atoms with Gasteiger partial charge in [-0.25, -0.2) is 0 Å². The smallest absolute Gasteiger partial charge is 0.164 e. The van der Waals surface area contributed by atoms with E-state index in [1.165, 1.54) is 22.0 Å². The lowest BCUT2D eigenvalue weighted by Crippen LogP contribution is -2.16. The zero-order valence-electron chi connectivity index (χ0n) is 15.9. The van der Waals surface area contributed by atoms with Gasteiger partial charge in [0, 0.05) is 17.8 Å². The van der Waals surface area contributed by atoms with E-state index in [-0.39, 0.29) is 0 Å². The highest BCUT2D eigenvalue weighted by atomic mass is 35.5. The van der Waals surface area contributed by atoms with Gasteiger partial charge in [-0.3, -0.25) is 4.98 Å². The molecule has 1 aliphatic rings. The molecule has 2 aromatic heterocycles. The lowest BCUT2D eigenvalue weighted by molar-refractivity contribution is 0.303. The largest absolute Gasteiger partial charge is 0.488 e. The molecule has 0 unspecified atom stereocenters. The van der Waals surface area contributed by atoms with Crippen LogP contribution in [0.25, 0.3) is 21.8 Å². The SMILES string of the molecule is Clc1cc(Cl)c2cccnc2c1OCCn1ccc2ccc3c(c21)CCNCC3. The quantitative estimate of drug-likeness (QED) is 0.484. The summed E-state index contributed by atoms with van der Waals surface area (Å²) in [5.41, 5.74) is 4.91. The number of benzene rings is 2. The highest BCUT2D eigenvalue weighted by molar-refractivity contribution is 6.39. The minimum Gasteiger partial charge on any atom is -0.488 e. The maximum absolute atomic E-state index is 6.41. The molecule has 0 spiro atoms. The van der Waals surface area contributed by atoms with E-state index < -0.39 is 0 Å². The lowest BCUT2D eigenvalue weighted by Gasteiger charge is -2.14. The van der Waals surface area contributed by atoms with Crippen LogP contribution in [0.4, 0.5) is 0 Å². The summed E-state index contributed by atoms with van der Waals surface area (Å²) in [7, 11) is 0. The van der Waals surface area contributed by atoms with Gasteiger partial charge in [0.1, 0.15) is 12.1 Å². The lowest BCUT2D eigenvalue weighted by atomic mass is 10.00. The number of rotatable bonds is 4. The van der Waals surface area contributed by atoms with Gasteiger partial charge in [-0.05, 0) is 66.7 Å². The number of fused-ring (bicyclic) bond motifs is 4. The van der Waals surface area contributed by atoms with Gasteiger partial charge in [0.15, 0.2) is 5.75 Å². The Bertz CT molecular complexity index is 1200. The maximum Gasteiger partial charge on any atom is 0.164 e. The molecule has 6 heteroatoms. The second kappa shape index (κ2) is 7.86. The molecule has 0 fully saturated rings. The minimum absolute atomic E-state index is 0.485. The van der Waals surface area contributed by atoms with Crippen molar-refractivity contribution in [1.29, 1.82) is 0 Å². The molecule has 0 aliphatic carbocycles. The molecule has 4 aromatic rings. The Hall–Kier alpha value is -2.27. The first kappa shape index (κ1) is 18.7. The summed E-state index contributed by atoms with van der Waals surface area (Å²) in [6, 6.07) is 12.2. The molecule has 0 saturated heterocycles. The van der Waals surface area contributed by atoms with E-state index in [4.69, 9.17) is 27.9 Å². The molecule has 3 heterocycles. The van der Waals surface area contributed by atoms with Gasteiger partial charge in [0.2, 0.25) is 0 Å². The van der Waals surface area contributed by atoms with E-state index in [2.05, 4.69) is 39.3 Å². The molecule has 0 bridgehead atoms. The van der Waals surface area contributed by atoms with E-state index in [1.807, 2.05) is 12.1 Å². The van der Waals surface area contributed by atoms with Crippen LogP contribution in [0.15, 0.2) is 48.8 Å². The summed E-state index contributed by atoms with van der Waals surface area (Å²) in [4.78, 5) is 4.43. The summed E-state index contributed by atoms with van der Waals surface area (Å²) in [6.07, 6.45) is 6.00. The number of hydrogen-bond acceptors (Lipinski definition) is 3. The maximum atomic E-state index is 6.41. The number of halogens is 2. The third kappa shape index (κ3) is 3.46. The summed E-state index contributed by atoms with van der Waals surface area (Å²) in [5.74, 6) is 0.589.